The molecule has 3 atom stereocenters. The maximum atomic E-state index is 11.7. The van der Waals surface area contributed by atoms with E-state index in [0.717, 1.165) is 24.4 Å². The minimum atomic E-state index is -0.659. The van der Waals surface area contributed by atoms with E-state index < -0.39 is 17.9 Å². The van der Waals surface area contributed by atoms with Gasteiger partial charge in [0.2, 0.25) is 5.82 Å². The summed E-state index contributed by atoms with van der Waals surface area (Å²) in [6, 6.07) is -0.626. The highest BCUT2D eigenvalue weighted by atomic mass is 32.1. The zero-order valence-corrected chi connectivity index (χ0v) is 13.3. The molecule has 1 aromatic heterocycles. The van der Waals surface area contributed by atoms with Crippen molar-refractivity contribution in [1.29, 1.82) is 0 Å². The Kier molecular flexibility index (Phi) is 5.43. The lowest BCUT2D eigenvalue weighted by Gasteiger charge is -2.17. The predicted molar refractivity (Wildman–Crippen MR) is 79.0 cm³/mol. The van der Waals surface area contributed by atoms with E-state index in [0.29, 0.717) is 5.01 Å². The van der Waals surface area contributed by atoms with Gasteiger partial charge in [-0.15, -0.1) is 0 Å². The fourth-order valence-corrected chi connectivity index (χ4v) is 2.75. The Morgan fingerprint density at radius 2 is 2.18 bits per heavy atom. The van der Waals surface area contributed by atoms with Gasteiger partial charge in [-0.05, 0) is 30.3 Å². The summed E-state index contributed by atoms with van der Waals surface area (Å²) < 4.78 is 14.8. The molecule has 0 aromatic carbocycles. The van der Waals surface area contributed by atoms with Crippen LogP contribution in [-0.4, -0.2) is 40.0 Å². The fourth-order valence-electron chi connectivity index (χ4n) is 2.02. The zero-order valence-electron chi connectivity index (χ0n) is 12.5. The third-order valence-electron chi connectivity index (χ3n) is 3.45. The van der Waals surface area contributed by atoms with Crippen molar-refractivity contribution in [3.63, 3.8) is 0 Å². The molecule has 0 bridgehead atoms. The van der Waals surface area contributed by atoms with Crippen LogP contribution in [0.2, 0.25) is 0 Å². The molecule has 3 unspecified atom stereocenters. The van der Waals surface area contributed by atoms with Crippen molar-refractivity contribution in [3.05, 3.63) is 10.8 Å². The first-order valence-corrected chi connectivity index (χ1v) is 7.87. The van der Waals surface area contributed by atoms with Crippen LogP contribution < -0.4 is 11.5 Å². The van der Waals surface area contributed by atoms with Crippen molar-refractivity contribution in [2.45, 2.75) is 44.9 Å². The maximum Gasteiger partial charge on any atom is 0.323 e. The summed E-state index contributed by atoms with van der Waals surface area (Å²) in [7, 11) is 0. The molecule has 0 aliphatic carbocycles. The molecule has 4 N–H and O–H groups in total. The summed E-state index contributed by atoms with van der Waals surface area (Å²) in [5, 5.41) is 0.613. The van der Waals surface area contributed by atoms with Gasteiger partial charge in [-0.1, -0.05) is 13.8 Å². The summed E-state index contributed by atoms with van der Waals surface area (Å²) >= 11 is 1.10. The lowest BCUT2D eigenvalue weighted by Crippen LogP contribution is -2.38. The number of esters is 1. The highest BCUT2D eigenvalue weighted by molar-refractivity contribution is 7.05. The molecule has 8 nitrogen and oxygen atoms in total. The van der Waals surface area contributed by atoms with Gasteiger partial charge in [0.1, 0.15) is 23.8 Å². The van der Waals surface area contributed by atoms with Crippen molar-refractivity contribution < 1.29 is 19.1 Å². The zero-order chi connectivity index (χ0) is 16.3. The molecule has 0 saturated carbocycles. The van der Waals surface area contributed by atoms with Crippen LogP contribution in [0, 0.1) is 5.92 Å². The van der Waals surface area contributed by atoms with E-state index in [9.17, 15) is 9.59 Å². The Hall–Kier alpha value is -1.58. The minimum absolute atomic E-state index is 0.00128. The molecule has 9 heteroatoms. The number of carbonyl (C=O) groups is 2. The van der Waals surface area contributed by atoms with Crippen molar-refractivity contribution in [3.8, 4) is 0 Å². The lowest BCUT2D eigenvalue weighted by atomic mass is 10.1. The van der Waals surface area contributed by atoms with E-state index in [1.165, 1.54) is 0 Å². The molecule has 0 radical (unpaired) electrons. The van der Waals surface area contributed by atoms with Crippen LogP contribution in [0.15, 0.2) is 0 Å². The standard InChI is InChI=1S/C13H20N4O4S/c1-6(2)9(14)13(19)20-5-7-3-4-8(21-7)12-16-11(10(15)18)17-22-12/h6-9H,3-5,14H2,1-2H3,(H2,15,18). The van der Waals surface area contributed by atoms with Crippen LogP contribution in [0.25, 0.3) is 0 Å². The van der Waals surface area contributed by atoms with Crippen LogP contribution in [0.1, 0.15) is 48.4 Å². The van der Waals surface area contributed by atoms with Gasteiger partial charge in [-0.2, -0.15) is 4.37 Å². The van der Waals surface area contributed by atoms with Crippen LogP contribution in [-0.2, 0) is 14.3 Å². The van der Waals surface area contributed by atoms with Crippen LogP contribution in [0.5, 0.6) is 0 Å². The first-order chi connectivity index (χ1) is 10.4. The Bertz CT molecular complexity index is 548. The molecular weight excluding hydrogens is 308 g/mol. The number of hydrogen-bond acceptors (Lipinski definition) is 8. The summed E-state index contributed by atoms with van der Waals surface area (Å²) in [4.78, 5) is 26.7. The van der Waals surface area contributed by atoms with E-state index in [4.69, 9.17) is 20.9 Å². The highest BCUT2D eigenvalue weighted by Gasteiger charge is 2.31. The van der Waals surface area contributed by atoms with Gasteiger partial charge in [-0.25, -0.2) is 4.98 Å². The van der Waals surface area contributed by atoms with Gasteiger partial charge in [-0.3, -0.25) is 9.59 Å². The molecule has 2 heterocycles. The first kappa shape index (κ1) is 16.8. The van der Waals surface area contributed by atoms with E-state index >= 15 is 0 Å². The Labute approximate surface area is 132 Å². The third kappa shape index (κ3) is 3.99. The van der Waals surface area contributed by atoms with E-state index in [1.54, 1.807) is 0 Å². The quantitative estimate of drug-likeness (QED) is 0.722. The SMILES string of the molecule is CC(C)C(N)C(=O)OCC1CCC(c2nc(C(N)=O)ns2)O1. The molecular formula is C13H20N4O4S. The molecule has 1 aliphatic rings. The first-order valence-electron chi connectivity index (χ1n) is 7.09. The summed E-state index contributed by atoms with van der Waals surface area (Å²) in [6.45, 7) is 3.89. The number of aromatic nitrogens is 2. The van der Waals surface area contributed by atoms with Gasteiger partial charge in [0, 0.05) is 0 Å². The van der Waals surface area contributed by atoms with Gasteiger partial charge >= 0.3 is 5.97 Å². The monoisotopic (exact) mass is 328 g/mol. The number of nitrogens with two attached hydrogens (primary N) is 2. The summed E-state index contributed by atoms with van der Waals surface area (Å²) in [6.07, 6.45) is 1.02. The Morgan fingerprint density at radius 1 is 1.45 bits per heavy atom. The van der Waals surface area contributed by atoms with E-state index in [-0.39, 0.29) is 30.6 Å². The van der Waals surface area contributed by atoms with Crippen LogP contribution in [0.3, 0.4) is 0 Å². The number of nitrogens with zero attached hydrogens (tertiary/aromatic N) is 2. The third-order valence-corrected chi connectivity index (χ3v) is 4.25. The topological polar surface area (TPSA) is 130 Å². The second kappa shape index (κ2) is 7.12. The van der Waals surface area contributed by atoms with E-state index in [2.05, 4.69) is 9.36 Å². The van der Waals surface area contributed by atoms with Crippen molar-refractivity contribution in [2.24, 2.45) is 17.4 Å². The molecule has 22 heavy (non-hydrogen) atoms. The van der Waals surface area contributed by atoms with E-state index in [1.807, 2.05) is 13.8 Å². The molecule has 1 fully saturated rings. The Morgan fingerprint density at radius 3 is 2.77 bits per heavy atom. The Balaban J connectivity index is 1.82. The number of ether oxygens (including phenoxy) is 2. The van der Waals surface area contributed by atoms with Gasteiger partial charge < -0.3 is 20.9 Å². The molecule has 1 aromatic rings. The number of carbonyl (C=O) groups excluding carboxylic acids is 2. The second-order valence-electron chi connectivity index (χ2n) is 5.54. The number of amides is 1. The number of rotatable bonds is 6. The van der Waals surface area contributed by atoms with Crippen LogP contribution >= 0.6 is 11.5 Å². The average molecular weight is 328 g/mol. The van der Waals surface area contributed by atoms with Gasteiger partial charge in [0.15, 0.2) is 0 Å². The minimum Gasteiger partial charge on any atom is -0.462 e. The smallest absolute Gasteiger partial charge is 0.323 e. The summed E-state index contributed by atoms with van der Waals surface area (Å²) in [5.74, 6) is -1.05. The lowest BCUT2D eigenvalue weighted by molar-refractivity contribution is -0.150. The molecule has 1 aliphatic heterocycles. The second-order valence-corrected chi connectivity index (χ2v) is 6.33. The van der Waals surface area contributed by atoms with Gasteiger partial charge in [0.05, 0.1) is 6.10 Å². The molecule has 122 valence electrons. The number of primary amides is 1. The van der Waals surface area contributed by atoms with Crippen molar-refractivity contribution in [2.75, 3.05) is 6.61 Å². The molecule has 0 spiro atoms. The molecule has 2 rings (SSSR count). The van der Waals surface area contributed by atoms with Gasteiger partial charge in [0.25, 0.3) is 5.91 Å². The molecule has 1 amide bonds. The number of hydrogen-bond donors (Lipinski definition) is 2. The molecule has 1 saturated heterocycles. The predicted octanol–water partition coefficient (Wildman–Crippen LogP) is 0.384. The summed E-state index contributed by atoms with van der Waals surface area (Å²) in [5.41, 5.74) is 10.8. The van der Waals surface area contributed by atoms with Crippen LogP contribution in [0.4, 0.5) is 0 Å². The highest BCUT2D eigenvalue weighted by Crippen LogP contribution is 2.33. The van der Waals surface area contributed by atoms with Crippen molar-refractivity contribution >= 4 is 23.4 Å². The van der Waals surface area contributed by atoms with Crippen molar-refractivity contribution in [1.82, 2.24) is 9.36 Å². The maximum absolute atomic E-state index is 11.7. The average Bonchev–Trinajstić information content (AvgIpc) is 3.12. The normalized spacial score (nSPS) is 22.7. The largest absolute Gasteiger partial charge is 0.462 e. The fraction of sp³-hybridized carbons (Fsp3) is 0.692.